The van der Waals surface area contributed by atoms with Crippen molar-refractivity contribution in [3.05, 3.63) is 23.8 Å². The molecule has 1 aromatic rings. The Balaban J connectivity index is 1.83. The quantitative estimate of drug-likeness (QED) is 0.860. The third-order valence-electron chi connectivity index (χ3n) is 4.33. The fourth-order valence-electron chi connectivity index (χ4n) is 3.19. The number of ether oxygens (including phenoxy) is 2. The molecule has 0 aromatic heterocycles. The van der Waals surface area contributed by atoms with Crippen LogP contribution in [0.5, 0.6) is 11.5 Å². The smallest absolute Gasteiger partial charge is 0.166 e. The third kappa shape index (κ3) is 2.52. The lowest BCUT2D eigenvalue weighted by atomic mass is 9.88. The monoisotopic (exact) mass is 275 g/mol. The van der Waals surface area contributed by atoms with Crippen LogP contribution in [0.4, 0.5) is 0 Å². The number of rotatable bonds is 3. The predicted octanol–water partition coefficient (Wildman–Crippen LogP) is 2.41. The molecule has 1 aromatic carbocycles. The first-order valence-electron chi connectivity index (χ1n) is 7.43. The van der Waals surface area contributed by atoms with Gasteiger partial charge in [0, 0.05) is 17.9 Å². The first kappa shape index (κ1) is 13.4. The van der Waals surface area contributed by atoms with Gasteiger partial charge in [-0.25, -0.2) is 0 Å². The normalized spacial score (nSPS) is 25.2. The molecule has 0 spiro atoms. The molecule has 4 nitrogen and oxygen atoms in total. The molecular weight excluding hydrogens is 254 g/mol. The van der Waals surface area contributed by atoms with Gasteiger partial charge in [0.1, 0.15) is 0 Å². The highest BCUT2D eigenvalue weighted by molar-refractivity contribution is 5.98. The van der Waals surface area contributed by atoms with Gasteiger partial charge in [0.15, 0.2) is 17.3 Å². The molecule has 20 heavy (non-hydrogen) atoms. The number of nitrogens with two attached hydrogens (primary N) is 1. The summed E-state index contributed by atoms with van der Waals surface area (Å²) in [6, 6.07) is 5.52. The molecule has 0 amide bonds. The Bertz CT molecular complexity index is 500. The van der Waals surface area contributed by atoms with Crippen LogP contribution in [0.25, 0.3) is 0 Å². The van der Waals surface area contributed by atoms with Crippen molar-refractivity contribution in [2.75, 3.05) is 19.8 Å². The number of carbonyl (C=O) groups is 1. The van der Waals surface area contributed by atoms with Crippen molar-refractivity contribution in [3.63, 3.8) is 0 Å². The number of hydrogen-bond donors (Lipinski definition) is 1. The van der Waals surface area contributed by atoms with Gasteiger partial charge < -0.3 is 15.2 Å². The molecule has 1 aliphatic carbocycles. The van der Waals surface area contributed by atoms with Gasteiger partial charge in [-0.2, -0.15) is 0 Å². The largest absolute Gasteiger partial charge is 0.490 e. The van der Waals surface area contributed by atoms with E-state index in [1.807, 2.05) is 18.2 Å². The molecule has 4 heteroatoms. The van der Waals surface area contributed by atoms with E-state index < -0.39 is 0 Å². The number of carbonyl (C=O) groups excluding carboxylic acids is 1. The van der Waals surface area contributed by atoms with Crippen LogP contribution in [0.15, 0.2) is 18.2 Å². The van der Waals surface area contributed by atoms with E-state index in [2.05, 4.69) is 0 Å². The lowest BCUT2D eigenvalue weighted by Crippen LogP contribution is -2.25. The highest BCUT2D eigenvalue weighted by Crippen LogP contribution is 2.36. The summed E-state index contributed by atoms with van der Waals surface area (Å²) < 4.78 is 11.2. The summed E-state index contributed by atoms with van der Waals surface area (Å²) in [5, 5.41) is 0. The van der Waals surface area contributed by atoms with Crippen LogP contribution in [0.2, 0.25) is 0 Å². The molecule has 3 rings (SSSR count). The van der Waals surface area contributed by atoms with E-state index in [4.69, 9.17) is 15.2 Å². The minimum absolute atomic E-state index is 0.0738. The zero-order chi connectivity index (χ0) is 13.9. The van der Waals surface area contributed by atoms with Crippen molar-refractivity contribution in [1.82, 2.24) is 0 Å². The van der Waals surface area contributed by atoms with Gasteiger partial charge in [0.2, 0.25) is 0 Å². The molecule has 1 heterocycles. The fraction of sp³-hybridized carbons (Fsp3) is 0.562. The van der Waals surface area contributed by atoms with Crippen molar-refractivity contribution in [3.8, 4) is 11.5 Å². The summed E-state index contributed by atoms with van der Waals surface area (Å²) in [7, 11) is 0. The molecule has 2 N–H and O–H groups in total. The summed E-state index contributed by atoms with van der Waals surface area (Å²) >= 11 is 0. The zero-order valence-electron chi connectivity index (χ0n) is 11.6. The van der Waals surface area contributed by atoms with Gasteiger partial charge in [-0.1, -0.05) is 6.42 Å². The van der Waals surface area contributed by atoms with Gasteiger partial charge in [-0.15, -0.1) is 0 Å². The summed E-state index contributed by atoms with van der Waals surface area (Å²) in [4.78, 5) is 12.6. The van der Waals surface area contributed by atoms with Gasteiger partial charge in [0.05, 0.1) is 13.2 Å². The second-order valence-electron chi connectivity index (χ2n) is 5.61. The summed E-state index contributed by atoms with van der Waals surface area (Å²) in [5.41, 5.74) is 6.50. The SMILES string of the molecule is NCC1CCCC1C(=O)c1ccc2c(c1)OCCCO2. The minimum Gasteiger partial charge on any atom is -0.490 e. The summed E-state index contributed by atoms with van der Waals surface area (Å²) in [6.45, 7) is 1.90. The fourth-order valence-corrected chi connectivity index (χ4v) is 3.19. The van der Waals surface area contributed by atoms with Gasteiger partial charge in [-0.3, -0.25) is 4.79 Å². The van der Waals surface area contributed by atoms with Crippen LogP contribution in [-0.4, -0.2) is 25.5 Å². The summed E-state index contributed by atoms with van der Waals surface area (Å²) in [6.07, 6.45) is 3.99. The minimum atomic E-state index is 0.0738. The number of hydrogen-bond acceptors (Lipinski definition) is 4. The molecule has 1 aliphatic heterocycles. The Morgan fingerprint density at radius 2 is 1.95 bits per heavy atom. The molecule has 2 aliphatic rings. The van der Waals surface area contributed by atoms with Gasteiger partial charge in [-0.05, 0) is 43.5 Å². The van der Waals surface area contributed by atoms with Crippen molar-refractivity contribution in [1.29, 1.82) is 0 Å². The lowest BCUT2D eigenvalue weighted by molar-refractivity contribution is 0.0893. The maximum Gasteiger partial charge on any atom is 0.166 e. The van der Waals surface area contributed by atoms with Crippen LogP contribution in [0.1, 0.15) is 36.0 Å². The van der Waals surface area contributed by atoms with Crippen LogP contribution in [0, 0.1) is 11.8 Å². The zero-order valence-corrected chi connectivity index (χ0v) is 11.6. The standard InChI is InChI=1S/C16H21NO3/c17-10-12-3-1-4-13(12)16(18)11-5-6-14-15(9-11)20-8-2-7-19-14/h5-6,9,12-13H,1-4,7-8,10,17H2. The first-order chi connectivity index (χ1) is 9.79. The van der Waals surface area contributed by atoms with Crippen molar-refractivity contribution in [2.45, 2.75) is 25.7 Å². The maximum atomic E-state index is 12.6. The average molecular weight is 275 g/mol. The second kappa shape index (κ2) is 5.83. The van der Waals surface area contributed by atoms with E-state index in [9.17, 15) is 4.79 Å². The molecular formula is C16H21NO3. The molecule has 0 radical (unpaired) electrons. The Hall–Kier alpha value is -1.55. The highest BCUT2D eigenvalue weighted by Gasteiger charge is 2.32. The first-order valence-corrected chi connectivity index (χ1v) is 7.43. The average Bonchev–Trinajstić information content (AvgIpc) is 2.83. The number of benzene rings is 1. The molecule has 0 bridgehead atoms. The number of Topliss-reactive ketones (excluding diaryl/α,β-unsaturated/α-hetero) is 1. The Morgan fingerprint density at radius 3 is 2.75 bits per heavy atom. The van der Waals surface area contributed by atoms with E-state index >= 15 is 0 Å². The van der Waals surface area contributed by atoms with E-state index in [-0.39, 0.29) is 11.7 Å². The van der Waals surface area contributed by atoms with Crippen molar-refractivity contribution < 1.29 is 14.3 Å². The third-order valence-corrected chi connectivity index (χ3v) is 4.33. The van der Waals surface area contributed by atoms with Crippen LogP contribution >= 0.6 is 0 Å². The lowest BCUT2D eigenvalue weighted by Gasteiger charge is -2.17. The molecule has 0 saturated heterocycles. The van der Waals surface area contributed by atoms with Crippen LogP contribution in [-0.2, 0) is 0 Å². The number of fused-ring (bicyclic) bond motifs is 1. The maximum absolute atomic E-state index is 12.6. The van der Waals surface area contributed by atoms with Crippen LogP contribution < -0.4 is 15.2 Å². The Kier molecular flexibility index (Phi) is 3.92. The molecule has 1 fully saturated rings. The molecule has 108 valence electrons. The van der Waals surface area contributed by atoms with E-state index in [0.29, 0.717) is 31.4 Å². The Morgan fingerprint density at radius 1 is 1.15 bits per heavy atom. The van der Waals surface area contributed by atoms with E-state index in [1.165, 1.54) is 0 Å². The van der Waals surface area contributed by atoms with Gasteiger partial charge >= 0.3 is 0 Å². The van der Waals surface area contributed by atoms with Crippen molar-refractivity contribution >= 4 is 5.78 Å². The van der Waals surface area contributed by atoms with E-state index in [1.54, 1.807) is 0 Å². The molecule has 2 unspecified atom stereocenters. The van der Waals surface area contributed by atoms with Crippen molar-refractivity contribution in [2.24, 2.45) is 17.6 Å². The highest BCUT2D eigenvalue weighted by atomic mass is 16.5. The summed E-state index contributed by atoms with van der Waals surface area (Å²) in [5.74, 6) is 2.04. The molecule has 2 atom stereocenters. The Labute approximate surface area is 119 Å². The molecule has 1 saturated carbocycles. The van der Waals surface area contributed by atoms with Gasteiger partial charge in [0.25, 0.3) is 0 Å². The predicted molar refractivity (Wildman–Crippen MR) is 76.3 cm³/mol. The number of ketones is 1. The van der Waals surface area contributed by atoms with Crippen LogP contribution in [0.3, 0.4) is 0 Å². The topological polar surface area (TPSA) is 61.6 Å². The second-order valence-corrected chi connectivity index (χ2v) is 5.61. The van der Waals surface area contributed by atoms with E-state index in [0.717, 1.165) is 37.0 Å².